The number of anilines is 3. The lowest BCUT2D eigenvalue weighted by molar-refractivity contribution is -0.148. The second-order valence-electron chi connectivity index (χ2n) is 8.17. The van der Waals surface area contributed by atoms with Gasteiger partial charge < -0.3 is 25.2 Å². The topological polar surface area (TPSA) is 156 Å². The molecule has 0 spiro atoms. The van der Waals surface area contributed by atoms with Gasteiger partial charge in [0.05, 0.1) is 6.20 Å². The first-order chi connectivity index (χ1) is 16.6. The van der Waals surface area contributed by atoms with Gasteiger partial charge in [-0.05, 0) is 35.6 Å². The fourth-order valence-electron chi connectivity index (χ4n) is 4.07. The third-order valence-electron chi connectivity index (χ3n) is 5.77. The van der Waals surface area contributed by atoms with Gasteiger partial charge in [-0.3, -0.25) is 13.3 Å². The molecular formula is C21H22FN6O5S2-. The van der Waals surface area contributed by atoms with E-state index in [4.69, 9.17) is 5.73 Å². The van der Waals surface area contributed by atoms with Gasteiger partial charge >= 0.3 is 5.97 Å². The number of aliphatic carboxylic acids is 1. The zero-order valence-corrected chi connectivity index (χ0v) is 20.4. The zero-order chi connectivity index (χ0) is 25.4. The maximum atomic E-state index is 14.8. The minimum Gasteiger partial charge on any atom is -0.755 e. The first-order valence-electron chi connectivity index (χ1n) is 10.5. The minimum atomic E-state index is -2.80. The quantitative estimate of drug-likeness (QED) is 0.418. The molecule has 0 bridgehead atoms. The molecule has 4 rings (SSSR count). The number of carbonyl (C=O) groups excluding carboxylic acids is 1. The molecule has 1 aliphatic heterocycles. The summed E-state index contributed by atoms with van der Waals surface area (Å²) in [4.78, 5) is 36.2. The molecule has 1 saturated heterocycles. The largest absolute Gasteiger partial charge is 0.755 e. The molecule has 2 aromatic heterocycles. The molecular weight excluding hydrogens is 499 g/mol. The maximum absolute atomic E-state index is 14.8. The minimum absolute atomic E-state index is 0.000420. The number of nitrogens with zero attached hydrogens (tertiary/aromatic N) is 5. The third-order valence-corrected chi connectivity index (χ3v) is 7.83. The van der Waals surface area contributed by atoms with Crippen LogP contribution in [0.1, 0.15) is 12.0 Å². The smallest absolute Gasteiger partial charge is 0.326 e. The highest BCUT2D eigenvalue weighted by Crippen LogP contribution is 2.34. The van der Waals surface area contributed by atoms with Gasteiger partial charge in [0.2, 0.25) is 5.91 Å². The van der Waals surface area contributed by atoms with E-state index >= 15 is 0 Å². The third kappa shape index (κ3) is 4.76. The number of nitrogen functional groups attached to an aromatic ring is 1. The zero-order valence-electron chi connectivity index (χ0n) is 18.8. The van der Waals surface area contributed by atoms with Gasteiger partial charge in [-0.1, -0.05) is 11.3 Å². The van der Waals surface area contributed by atoms with Crippen LogP contribution in [-0.4, -0.2) is 73.3 Å². The van der Waals surface area contributed by atoms with Crippen LogP contribution in [-0.2, 0) is 27.3 Å². The van der Waals surface area contributed by atoms with Crippen LogP contribution in [0.2, 0.25) is 0 Å². The predicted molar refractivity (Wildman–Crippen MR) is 129 cm³/mol. The Balaban J connectivity index is 1.61. The number of aromatic nitrogens is 2. The number of carbonyl (C=O) groups is 2. The van der Waals surface area contributed by atoms with Gasteiger partial charge in [-0.15, -0.1) is 0 Å². The average Bonchev–Trinajstić information content (AvgIpc) is 3.41. The van der Waals surface area contributed by atoms with Crippen molar-refractivity contribution >= 4 is 61.2 Å². The number of carboxylic acid groups (broad SMARTS) is 1. The number of nitrogens with two attached hydrogens (primary N) is 1. The van der Waals surface area contributed by atoms with Gasteiger partial charge in [-0.25, -0.2) is 19.2 Å². The summed E-state index contributed by atoms with van der Waals surface area (Å²) in [5.74, 6) is -2.52. The van der Waals surface area contributed by atoms with E-state index in [0.29, 0.717) is 15.9 Å². The number of pyridine rings is 1. The molecule has 0 aliphatic carbocycles. The Morgan fingerprint density at radius 3 is 2.80 bits per heavy atom. The first kappa shape index (κ1) is 24.8. The summed E-state index contributed by atoms with van der Waals surface area (Å²) in [6, 6.07) is 1.78. The summed E-state index contributed by atoms with van der Waals surface area (Å²) in [7, 11) is 3.50. The predicted octanol–water partition coefficient (Wildman–Crippen LogP) is 1.38. The van der Waals surface area contributed by atoms with Gasteiger partial charge in [0.15, 0.2) is 5.13 Å². The van der Waals surface area contributed by atoms with Crippen LogP contribution >= 0.6 is 11.3 Å². The number of likely N-dealkylation sites (tertiary alicyclic amines) is 1. The molecule has 3 N–H and O–H groups in total. The molecule has 3 aromatic rings. The van der Waals surface area contributed by atoms with Crippen molar-refractivity contribution < 1.29 is 27.8 Å². The number of halogens is 1. The Labute approximate surface area is 206 Å². The van der Waals surface area contributed by atoms with Crippen molar-refractivity contribution in [3.63, 3.8) is 0 Å². The Hall–Kier alpha value is -3.36. The Morgan fingerprint density at radius 1 is 1.43 bits per heavy atom. The van der Waals surface area contributed by atoms with Gasteiger partial charge in [0.1, 0.15) is 28.7 Å². The lowest BCUT2D eigenvalue weighted by Crippen LogP contribution is -2.48. The van der Waals surface area contributed by atoms with Crippen LogP contribution in [0.5, 0.6) is 0 Å². The number of benzene rings is 1. The highest BCUT2D eigenvalue weighted by molar-refractivity contribution is 7.81. The molecule has 1 aromatic carbocycles. The molecule has 11 nitrogen and oxygen atoms in total. The normalized spacial score (nSPS) is 17.5. The molecule has 1 amide bonds. The summed E-state index contributed by atoms with van der Waals surface area (Å²) >= 11 is -1.72. The first-order valence-corrected chi connectivity index (χ1v) is 12.3. The number of carboxylic acids is 1. The standard InChI is InChI=1S/C21H23FN6O5S2/c1-26(2)21-25-10-17(34-21)28(35(32)33)15-4-6-27(19(15)29)16(20(30)31)8-12-7-11-3-5-24-18(23)13(11)9-14(12)22/h3,5,7,9-10,15-16H,4,6,8H2,1-2H3,(H2,23,24)(H,30,31)(H,32,33)/p-1/t15-,16+/m0/s1. The van der Waals surface area contributed by atoms with E-state index in [9.17, 15) is 27.8 Å². The average molecular weight is 522 g/mol. The van der Waals surface area contributed by atoms with E-state index in [1.165, 1.54) is 24.5 Å². The number of fused-ring (bicyclic) bond motifs is 1. The van der Waals surface area contributed by atoms with E-state index in [-0.39, 0.29) is 35.8 Å². The number of thiazole rings is 1. The summed E-state index contributed by atoms with van der Waals surface area (Å²) in [5.41, 5.74) is 5.88. The molecule has 0 saturated carbocycles. The highest BCUT2D eigenvalue weighted by atomic mass is 32.2. The molecule has 3 atom stereocenters. The van der Waals surface area contributed by atoms with Crippen molar-refractivity contribution in [1.29, 1.82) is 0 Å². The van der Waals surface area contributed by atoms with Crippen LogP contribution in [0, 0.1) is 5.82 Å². The number of rotatable bonds is 8. The van der Waals surface area contributed by atoms with Crippen molar-refractivity contribution in [2.75, 3.05) is 35.6 Å². The van der Waals surface area contributed by atoms with Crippen LogP contribution in [0.3, 0.4) is 0 Å². The van der Waals surface area contributed by atoms with Crippen molar-refractivity contribution in [3.05, 3.63) is 42.0 Å². The fourth-order valence-corrected chi connectivity index (χ4v) is 5.76. The lowest BCUT2D eigenvalue weighted by Gasteiger charge is -2.30. The Kier molecular flexibility index (Phi) is 6.87. The molecule has 186 valence electrons. The van der Waals surface area contributed by atoms with Crippen molar-refractivity contribution in [2.45, 2.75) is 24.9 Å². The van der Waals surface area contributed by atoms with Crippen molar-refractivity contribution in [3.8, 4) is 0 Å². The van der Waals surface area contributed by atoms with Crippen LogP contribution in [0.15, 0.2) is 30.6 Å². The van der Waals surface area contributed by atoms with E-state index in [1.807, 2.05) is 0 Å². The maximum Gasteiger partial charge on any atom is 0.326 e. The molecule has 35 heavy (non-hydrogen) atoms. The number of hydrogen-bond donors (Lipinski definition) is 2. The number of hydrogen-bond acceptors (Lipinski definition) is 9. The van der Waals surface area contributed by atoms with Gasteiger partial charge in [0.25, 0.3) is 0 Å². The SMILES string of the molecule is CN(C)c1ncc(N([C@H]2CCN([C@H](Cc3cc4ccnc(N)c4cc3F)C(=O)O)C2=O)S(=O)[O-])s1. The summed E-state index contributed by atoms with van der Waals surface area (Å²) < 4.78 is 39.8. The van der Waals surface area contributed by atoms with E-state index < -0.39 is 41.0 Å². The van der Waals surface area contributed by atoms with E-state index in [2.05, 4.69) is 9.97 Å². The van der Waals surface area contributed by atoms with Gasteiger partial charge in [-0.2, -0.15) is 0 Å². The van der Waals surface area contributed by atoms with E-state index in [1.54, 1.807) is 25.1 Å². The summed E-state index contributed by atoms with van der Waals surface area (Å²) in [6.45, 7) is -0.000420. The lowest BCUT2D eigenvalue weighted by atomic mass is 10.0. The summed E-state index contributed by atoms with van der Waals surface area (Å²) in [6.07, 6.45) is 2.59. The molecule has 0 radical (unpaired) electrons. The molecule has 1 unspecified atom stereocenters. The van der Waals surface area contributed by atoms with Crippen LogP contribution < -0.4 is 14.9 Å². The monoisotopic (exact) mass is 521 g/mol. The Bertz CT molecular complexity index is 1320. The van der Waals surface area contributed by atoms with Crippen molar-refractivity contribution in [2.24, 2.45) is 0 Å². The molecule has 1 fully saturated rings. The van der Waals surface area contributed by atoms with Crippen molar-refractivity contribution in [1.82, 2.24) is 14.9 Å². The van der Waals surface area contributed by atoms with E-state index in [0.717, 1.165) is 20.5 Å². The van der Waals surface area contributed by atoms with Gasteiger partial charge in [0, 0.05) is 49.9 Å². The van der Waals surface area contributed by atoms with Crippen LogP contribution in [0.25, 0.3) is 10.8 Å². The number of amides is 1. The second kappa shape index (κ2) is 9.71. The summed E-state index contributed by atoms with van der Waals surface area (Å²) in [5, 5.41) is 11.6. The highest BCUT2D eigenvalue weighted by Gasteiger charge is 2.43. The molecule has 3 heterocycles. The molecule has 1 aliphatic rings. The Morgan fingerprint density at radius 2 is 2.17 bits per heavy atom. The molecule has 14 heteroatoms. The van der Waals surface area contributed by atoms with Crippen LogP contribution in [0.4, 0.5) is 20.3 Å². The fraction of sp³-hybridized carbons (Fsp3) is 0.333. The second-order valence-corrected chi connectivity index (χ2v) is 9.99.